The van der Waals surface area contributed by atoms with Crippen molar-refractivity contribution < 1.29 is 22.7 Å². The normalized spacial score (nSPS) is 11.4. The molecular weight excluding hydrogens is 389 g/mol. The summed E-state index contributed by atoms with van der Waals surface area (Å²) in [6.45, 7) is 3.59. The van der Waals surface area contributed by atoms with E-state index < -0.39 is 11.7 Å². The fraction of sp³-hybridized carbons (Fsp3) is 0.200. The lowest BCUT2D eigenvalue weighted by Gasteiger charge is -2.10. The Morgan fingerprint density at radius 1 is 1.11 bits per heavy atom. The smallest absolute Gasteiger partial charge is 0.416 e. The maximum atomic E-state index is 12.7. The van der Waals surface area contributed by atoms with E-state index in [4.69, 9.17) is 4.74 Å². The molecule has 1 amide bonds. The number of ether oxygens (including phenoxy) is 1. The first-order chi connectivity index (χ1) is 13.2. The minimum absolute atomic E-state index is 0.350. The molecule has 1 aromatic heterocycles. The molecule has 2 aromatic carbocycles. The van der Waals surface area contributed by atoms with Gasteiger partial charge in [0.15, 0.2) is 0 Å². The van der Waals surface area contributed by atoms with E-state index in [0.717, 1.165) is 29.0 Å². The number of alkyl halides is 3. The van der Waals surface area contributed by atoms with Gasteiger partial charge in [-0.3, -0.25) is 4.79 Å². The Morgan fingerprint density at radius 3 is 2.39 bits per heavy atom. The summed E-state index contributed by atoms with van der Waals surface area (Å²) < 4.78 is 43.4. The fourth-order valence-corrected chi connectivity index (χ4v) is 3.60. The van der Waals surface area contributed by atoms with Crippen LogP contribution in [0.25, 0.3) is 10.6 Å². The number of nitrogens with zero attached hydrogens (tertiary/aromatic N) is 1. The molecular formula is C20H17F3N2O2S. The monoisotopic (exact) mass is 406 g/mol. The molecule has 0 unspecified atom stereocenters. The van der Waals surface area contributed by atoms with Crippen LogP contribution in [0, 0.1) is 13.8 Å². The third kappa shape index (κ3) is 4.17. The number of anilines is 1. The summed E-state index contributed by atoms with van der Waals surface area (Å²) in [5, 5.41) is 3.29. The molecule has 0 spiro atoms. The summed E-state index contributed by atoms with van der Waals surface area (Å²) >= 11 is 1.13. The van der Waals surface area contributed by atoms with E-state index in [0.29, 0.717) is 32.6 Å². The predicted octanol–water partition coefficient (Wildman–Crippen LogP) is 5.71. The predicted molar refractivity (Wildman–Crippen MR) is 103 cm³/mol. The van der Waals surface area contributed by atoms with Gasteiger partial charge in [-0.2, -0.15) is 13.2 Å². The van der Waals surface area contributed by atoms with Gasteiger partial charge in [-0.15, -0.1) is 11.3 Å². The van der Waals surface area contributed by atoms with Crippen LogP contribution < -0.4 is 10.1 Å². The largest absolute Gasteiger partial charge is 0.495 e. The molecule has 1 N–H and O–H groups in total. The molecule has 0 bridgehead atoms. The van der Waals surface area contributed by atoms with Gasteiger partial charge in [-0.1, -0.05) is 18.2 Å². The van der Waals surface area contributed by atoms with Gasteiger partial charge < -0.3 is 10.1 Å². The van der Waals surface area contributed by atoms with E-state index in [1.807, 2.05) is 13.0 Å². The zero-order valence-corrected chi connectivity index (χ0v) is 16.2. The minimum Gasteiger partial charge on any atom is -0.495 e. The molecule has 8 heteroatoms. The zero-order chi connectivity index (χ0) is 20.5. The van der Waals surface area contributed by atoms with Crippen molar-refractivity contribution in [1.29, 1.82) is 0 Å². The highest BCUT2D eigenvalue weighted by Crippen LogP contribution is 2.33. The molecule has 0 aliphatic rings. The second kappa shape index (κ2) is 7.63. The summed E-state index contributed by atoms with van der Waals surface area (Å²) in [6.07, 6.45) is -4.39. The van der Waals surface area contributed by atoms with Crippen molar-refractivity contribution in [3.63, 3.8) is 0 Å². The Balaban J connectivity index is 1.86. The van der Waals surface area contributed by atoms with Gasteiger partial charge in [-0.05, 0) is 43.7 Å². The third-order valence-corrected chi connectivity index (χ3v) is 5.27. The second-order valence-corrected chi connectivity index (χ2v) is 7.17. The van der Waals surface area contributed by atoms with E-state index in [-0.39, 0.29) is 5.91 Å². The molecule has 0 saturated heterocycles. The van der Waals surface area contributed by atoms with Crippen LogP contribution in [0.3, 0.4) is 0 Å². The molecule has 3 aromatic rings. The lowest BCUT2D eigenvalue weighted by molar-refractivity contribution is -0.137. The van der Waals surface area contributed by atoms with Gasteiger partial charge in [0, 0.05) is 5.56 Å². The highest BCUT2D eigenvalue weighted by atomic mass is 32.1. The number of carbonyl (C=O) groups is 1. The molecule has 1 heterocycles. The quantitative estimate of drug-likeness (QED) is 0.604. The minimum atomic E-state index is -4.39. The van der Waals surface area contributed by atoms with Crippen molar-refractivity contribution in [3.05, 3.63) is 64.2 Å². The number of aryl methyl sites for hydroxylation is 2. The van der Waals surface area contributed by atoms with Crippen LogP contribution in [0.5, 0.6) is 5.75 Å². The van der Waals surface area contributed by atoms with Gasteiger partial charge in [0.05, 0.1) is 24.1 Å². The number of methoxy groups -OCH3 is 1. The number of aromatic nitrogens is 1. The standard InChI is InChI=1S/C20H17F3N2O2S/c1-11-4-9-16(27-3)15(10-11)25-18(26)17-12(2)24-19(28-17)13-5-7-14(8-6-13)20(21,22)23/h4-10H,1-3H3,(H,25,26). The van der Waals surface area contributed by atoms with Gasteiger partial charge in [0.1, 0.15) is 15.6 Å². The fourth-order valence-electron chi connectivity index (χ4n) is 2.63. The van der Waals surface area contributed by atoms with E-state index >= 15 is 0 Å². The van der Waals surface area contributed by atoms with E-state index in [2.05, 4.69) is 10.3 Å². The van der Waals surface area contributed by atoms with E-state index in [1.54, 1.807) is 19.1 Å². The number of nitrogens with one attached hydrogen (secondary N) is 1. The molecule has 0 radical (unpaired) electrons. The molecule has 146 valence electrons. The van der Waals surface area contributed by atoms with Crippen molar-refractivity contribution in [2.24, 2.45) is 0 Å². The molecule has 28 heavy (non-hydrogen) atoms. The lowest BCUT2D eigenvalue weighted by Crippen LogP contribution is -2.12. The lowest BCUT2D eigenvalue weighted by atomic mass is 10.1. The van der Waals surface area contributed by atoms with Crippen LogP contribution in [-0.4, -0.2) is 18.0 Å². The van der Waals surface area contributed by atoms with Crippen LogP contribution in [0.4, 0.5) is 18.9 Å². The number of benzene rings is 2. The highest BCUT2D eigenvalue weighted by molar-refractivity contribution is 7.17. The first-order valence-corrected chi connectivity index (χ1v) is 9.11. The van der Waals surface area contributed by atoms with E-state index in [9.17, 15) is 18.0 Å². The summed E-state index contributed by atoms with van der Waals surface area (Å²) in [7, 11) is 1.51. The van der Waals surface area contributed by atoms with Gasteiger partial charge in [-0.25, -0.2) is 4.98 Å². The van der Waals surface area contributed by atoms with Crippen LogP contribution in [0.2, 0.25) is 0 Å². The van der Waals surface area contributed by atoms with E-state index in [1.165, 1.54) is 19.2 Å². The molecule has 0 atom stereocenters. The van der Waals surface area contributed by atoms with Crippen molar-refractivity contribution in [2.75, 3.05) is 12.4 Å². The number of hydrogen-bond acceptors (Lipinski definition) is 4. The Kier molecular flexibility index (Phi) is 5.42. The van der Waals surface area contributed by atoms with Gasteiger partial charge in [0.2, 0.25) is 0 Å². The number of amides is 1. The van der Waals surface area contributed by atoms with Crippen LogP contribution in [0.1, 0.15) is 26.5 Å². The van der Waals surface area contributed by atoms with Crippen LogP contribution >= 0.6 is 11.3 Å². The molecule has 0 aliphatic heterocycles. The number of hydrogen-bond donors (Lipinski definition) is 1. The average molecular weight is 406 g/mol. The Hall–Kier alpha value is -2.87. The van der Waals surface area contributed by atoms with Crippen LogP contribution in [0.15, 0.2) is 42.5 Å². The zero-order valence-electron chi connectivity index (χ0n) is 15.3. The Labute approximate surface area is 164 Å². The molecule has 0 saturated carbocycles. The average Bonchev–Trinajstić information content (AvgIpc) is 3.03. The second-order valence-electron chi connectivity index (χ2n) is 6.17. The van der Waals surface area contributed by atoms with Crippen molar-refractivity contribution in [1.82, 2.24) is 4.98 Å². The first-order valence-electron chi connectivity index (χ1n) is 8.30. The summed E-state index contributed by atoms with van der Waals surface area (Å²) in [6, 6.07) is 10.1. The summed E-state index contributed by atoms with van der Waals surface area (Å²) in [4.78, 5) is 17.4. The summed E-state index contributed by atoms with van der Waals surface area (Å²) in [5.74, 6) is 0.182. The Bertz CT molecular complexity index is 1010. The van der Waals surface area contributed by atoms with Crippen molar-refractivity contribution >= 4 is 22.9 Å². The topological polar surface area (TPSA) is 51.2 Å². The number of halogens is 3. The molecule has 3 rings (SSSR count). The number of thiazole rings is 1. The third-order valence-electron chi connectivity index (χ3n) is 4.07. The SMILES string of the molecule is COc1ccc(C)cc1NC(=O)c1sc(-c2ccc(C(F)(F)F)cc2)nc1C. The summed E-state index contributed by atoms with van der Waals surface area (Å²) in [5.41, 5.74) is 1.80. The first kappa shape index (κ1) is 19.9. The maximum Gasteiger partial charge on any atom is 0.416 e. The molecule has 4 nitrogen and oxygen atoms in total. The highest BCUT2D eigenvalue weighted by Gasteiger charge is 2.30. The Morgan fingerprint density at radius 2 is 1.79 bits per heavy atom. The van der Waals surface area contributed by atoms with Gasteiger partial charge >= 0.3 is 6.18 Å². The molecule has 0 fully saturated rings. The number of rotatable bonds is 4. The number of carbonyl (C=O) groups excluding carboxylic acids is 1. The van der Waals surface area contributed by atoms with Crippen molar-refractivity contribution in [3.8, 4) is 16.3 Å². The van der Waals surface area contributed by atoms with Crippen molar-refractivity contribution in [2.45, 2.75) is 20.0 Å². The maximum absolute atomic E-state index is 12.7. The molecule has 0 aliphatic carbocycles. The van der Waals surface area contributed by atoms with Crippen LogP contribution in [-0.2, 0) is 6.18 Å². The van der Waals surface area contributed by atoms with Gasteiger partial charge in [0.25, 0.3) is 5.91 Å².